The summed E-state index contributed by atoms with van der Waals surface area (Å²) in [7, 11) is 0. The van der Waals surface area contributed by atoms with Gasteiger partial charge in [-0.2, -0.15) is 5.26 Å². The Morgan fingerprint density at radius 1 is 1.55 bits per heavy atom. The Kier molecular flexibility index (Phi) is 3.76. The Bertz CT molecular complexity index is 247. The van der Waals surface area contributed by atoms with E-state index in [4.69, 9.17) is 11.0 Å². The summed E-state index contributed by atoms with van der Waals surface area (Å²) in [6.45, 7) is 7.06. The van der Waals surface area contributed by atoms with Crippen LogP contribution in [0.5, 0.6) is 0 Å². The van der Waals surface area contributed by atoms with E-state index < -0.39 is 0 Å². The SMILES string of the molecule is C=C/C=C(C)/C(C#N)=C(\C)N. The molecule has 0 aromatic carbocycles. The second kappa shape index (κ2) is 4.35. The van der Waals surface area contributed by atoms with Gasteiger partial charge in [0.15, 0.2) is 0 Å². The van der Waals surface area contributed by atoms with Gasteiger partial charge in [0.1, 0.15) is 6.07 Å². The van der Waals surface area contributed by atoms with E-state index in [2.05, 4.69) is 6.58 Å². The van der Waals surface area contributed by atoms with Crippen LogP contribution in [-0.4, -0.2) is 0 Å². The van der Waals surface area contributed by atoms with Gasteiger partial charge in [-0.25, -0.2) is 0 Å². The first-order valence-corrected chi connectivity index (χ1v) is 3.29. The quantitative estimate of drug-likeness (QED) is 0.480. The zero-order valence-corrected chi connectivity index (χ0v) is 6.89. The molecule has 0 aliphatic rings. The highest BCUT2D eigenvalue weighted by Gasteiger charge is 1.99. The van der Waals surface area contributed by atoms with Gasteiger partial charge in [0.05, 0.1) is 5.57 Å². The predicted molar refractivity (Wildman–Crippen MR) is 46.5 cm³/mol. The average molecular weight is 148 g/mol. The lowest BCUT2D eigenvalue weighted by atomic mass is 10.1. The van der Waals surface area contributed by atoms with Gasteiger partial charge >= 0.3 is 0 Å². The molecule has 0 atom stereocenters. The number of hydrogen-bond donors (Lipinski definition) is 1. The number of nitriles is 1. The molecule has 0 aliphatic heterocycles. The molecule has 0 aromatic heterocycles. The third kappa shape index (κ3) is 2.72. The molecule has 58 valence electrons. The van der Waals surface area contributed by atoms with Gasteiger partial charge in [-0.3, -0.25) is 0 Å². The fourth-order valence-electron chi connectivity index (χ4n) is 0.747. The molecule has 2 heteroatoms. The Morgan fingerprint density at radius 3 is 2.36 bits per heavy atom. The van der Waals surface area contributed by atoms with Gasteiger partial charge < -0.3 is 5.73 Å². The molecule has 0 radical (unpaired) electrons. The minimum absolute atomic E-state index is 0.532. The standard InChI is InChI=1S/C9H12N2/c1-4-5-7(2)9(6-10)8(3)11/h4-5H,1,11H2,2-3H3/b7-5+,9-8+. The van der Waals surface area contributed by atoms with E-state index in [0.717, 1.165) is 5.57 Å². The van der Waals surface area contributed by atoms with Crippen LogP contribution in [0, 0.1) is 11.3 Å². The molecule has 0 saturated heterocycles. The molecule has 0 fully saturated rings. The van der Waals surface area contributed by atoms with Gasteiger partial charge in [0.25, 0.3) is 0 Å². The molecule has 0 amide bonds. The second-order valence-corrected chi connectivity index (χ2v) is 2.26. The van der Waals surface area contributed by atoms with E-state index in [1.54, 1.807) is 19.1 Å². The fraction of sp³-hybridized carbons (Fsp3) is 0.222. The van der Waals surface area contributed by atoms with Crippen LogP contribution in [0.3, 0.4) is 0 Å². The molecule has 0 spiro atoms. The summed E-state index contributed by atoms with van der Waals surface area (Å²) in [5, 5.41) is 8.63. The Balaban J connectivity index is 4.86. The van der Waals surface area contributed by atoms with E-state index in [-0.39, 0.29) is 0 Å². The molecule has 0 rings (SSSR count). The van der Waals surface area contributed by atoms with Crippen molar-refractivity contribution in [3.05, 3.63) is 35.6 Å². The Hall–Kier alpha value is -1.49. The normalized spacial score (nSPS) is 13.4. The first-order valence-electron chi connectivity index (χ1n) is 3.29. The smallest absolute Gasteiger partial charge is 0.101 e. The minimum atomic E-state index is 0.532. The molecule has 2 N–H and O–H groups in total. The van der Waals surface area contributed by atoms with Crippen molar-refractivity contribution in [2.24, 2.45) is 5.73 Å². The van der Waals surface area contributed by atoms with Crippen LogP contribution in [0.4, 0.5) is 0 Å². The second-order valence-electron chi connectivity index (χ2n) is 2.26. The monoisotopic (exact) mass is 148 g/mol. The lowest BCUT2D eigenvalue weighted by Crippen LogP contribution is -1.97. The molecule has 2 nitrogen and oxygen atoms in total. The predicted octanol–water partition coefficient (Wildman–Crippen LogP) is 1.87. The molecular weight excluding hydrogens is 136 g/mol. The lowest BCUT2D eigenvalue weighted by molar-refractivity contribution is 1.23. The highest BCUT2D eigenvalue weighted by molar-refractivity contribution is 5.44. The number of nitrogens with zero attached hydrogens (tertiary/aromatic N) is 1. The van der Waals surface area contributed by atoms with Gasteiger partial charge in [-0.1, -0.05) is 18.7 Å². The first-order chi connectivity index (χ1) is 5.13. The maximum Gasteiger partial charge on any atom is 0.101 e. The number of allylic oxidation sites excluding steroid dienone is 5. The molecule has 0 bridgehead atoms. The molecule has 0 aromatic rings. The third-order valence-corrected chi connectivity index (χ3v) is 1.27. The van der Waals surface area contributed by atoms with E-state index in [1.807, 2.05) is 13.0 Å². The molecule has 0 aliphatic carbocycles. The van der Waals surface area contributed by atoms with E-state index >= 15 is 0 Å². The number of rotatable bonds is 2. The lowest BCUT2D eigenvalue weighted by Gasteiger charge is -1.98. The van der Waals surface area contributed by atoms with E-state index in [0.29, 0.717) is 11.3 Å². The molecule has 0 saturated carbocycles. The maximum atomic E-state index is 8.63. The van der Waals surface area contributed by atoms with Crippen molar-refractivity contribution in [3.8, 4) is 6.07 Å². The summed E-state index contributed by atoms with van der Waals surface area (Å²) in [4.78, 5) is 0. The highest BCUT2D eigenvalue weighted by Crippen LogP contribution is 2.09. The maximum absolute atomic E-state index is 8.63. The van der Waals surface area contributed by atoms with Crippen LogP contribution in [0.15, 0.2) is 35.6 Å². The number of nitrogens with two attached hydrogens (primary N) is 1. The topological polar surface area (TPSA) is 49.8 Å². The summed E-state index contributed by atoms with van der Waals surface area (Å²) < 4.78 is 0. The first kappa shape index (κ1) is 9.51. The summed E-state index contributed by atoms with van der Waals surface area (Å²) >= 11 is 0. The van der Waals surface area contributed by atoms with Crippen LogP contribution in [-0.2, 0) is 0 Å². The van der Waals surface area contributed by atoms with Crippen LogP contribution in [0.2, 0.25) is 0 Å². The zero-order valence-electron chi connectivity index (χ0n) is 6.89. The molecular formula is C9H12N2. The molecule has 11 heavy (non-hydrogen) atoms. The van der Waals surface area contributed by atoms with Crippen molar-refractivity contribution in [3.63, 3.8) is 0 Å². The van der Waals surface area contributed by atoms with Crippen LogP contribution in [0.25, 0.3) is 0 Å². The van der Waals surface area contributed by atoms with Crippen molar-refractivity contribution in [1.82, 2.24) is 0 Å². The van der Waals surface area contributed by atoms with Crippen molar-refractivity contribution in [2.75, 3.05) is 0 Å². The van der Waals surface area contributed by atoms with Crippen molar-refractivity contribution in [2.45, 2.75) is 13.8 Å². The van der Waals surface area contributed by atoms with Gasteiger partial charge in [0.2, 0.25) is 0 Å². The van der Waals surface area contributed by atoms with E-state index in [9.17, 15) is 0 Å². The summed E-state index contributed by atoms with van der Waals surface area (Å²) in [6.07, 6.45) is 3.39. The fourth-order valence-corrected chi connectivity index (χ4v) is 0.747. The van der Waals surface area contributed by atoms with Gasteiger partial charge in [0, 0.05) is 5.70 Å². The molecule has 0 unspecified atom stereocenters. The van der Waals surface area contributed by atoms with Crippen LogP contribution < -0.4 is 5.73 Å². The van der Waals surface area contributed by atoms with Gasteiger partial charge in [-0.15, -0.1) is 0 Å². The van der Waals surface area contributed by atoms with Crippen molar-refractivity contribution in [1.29, 1.82) is 5.26 Å². The molecule has 0 heterocycles. The average Bonchev–Trinajstić information content (AvgIpc) is 1.88. The van der Waals surface area contributed by atoms with Crippen LogP contribution in [0.1, 0.15) is 13.8 Å². The Morgan fingerprint density at radius 2 is 2.09 bits per heavy atom. The summed E-state index contributed by atoms with van der Waals surface area (Å²) in [5.74, 6) is 0. The largest absolute Gasteiger partial charge is 0.401 e. The number of hydrogen-bond acceptors (Lipinski definition) is 2. The summed E-state index contributed by atoms with van der Waals surface area (Å²) in [6, 6.07) is 2.02. The third-order valence-electron chi connectivity index (χ3n) is 1.27. The zero-order chi connectivity index (χ0) is 8.85. The van der Waals surface area contributed by atoms with E-state index in [1.165, 1.54) is 0 Å². The van der Waals surface area contributed by atoms with Gasteiger partial charge in [-0.05, 0) is 19.4 Å². The van der Waals surface area contributed by atoms with Crippen LogP contribution >= 0.6 is 0 Å². The van der Waals surface area contributed by atoms with Crippen molar-refractivity contribution >= 4 is 0 Å². The highest BCUT2D eigenvalue weighted by atomic mass is 14.6. The Labute approximate surface area is 67.3 Å². The van der Waals surface area contributed by atoms with Crippen molar-refractivity contribution < 1.29 is 0 Å². The minimum Gasteiger partial charge on any atom is -0.401 e. The summed E-state index contributed by atoms with van der Waals surface area (Å²) in [5.41, 5.74) is 7.39.